The highest BCUT2D eigenvalue weighted by Crippen LogP contribution is 2.46. The van der Waals surface area contributed by atoms with Gasteiger partial charge in [-0.3, -0.25) is 0 Å². The van der Waals surface area contributed by atoms with E-state index in [1.165, 1.54) is 29.5 Å². The third kappa shape index (κ3) is 3.74. The topological polar surface area (TPSA) is 0 Å². The molecule has 0 radical (unpaired) electrons. The van der Waals surface area contributed by atoms with Crippen molar-refractivity contribution in [3.05, 3.63) is 71.3 Å². The minimum Gasteiger partial charge on any atom is -0.0622 e. The van der Waals surface area contributed by atoms with Crippen molar-refractivity contribution in [3.8, 4) is 0 Å². The second kappa shape index (κ2) is 6.75. The van der Waals surface area contributed by atoms with Crippen LogP contribution in [0.5, 0.6) is 0 Å². The zero-order valence-corrected chi connectivity index (χ0v) is 16.6. The molecule has 0 aliphatic rings. The van der Waals surface area contributed by atoms with Crippen LogP contribution >= 0.6 is 0 Å². The molecule has 0 heteroatoms. The largest absolute Gasteiger partial charge is 0.0622 e. The van der Waals surface area contributed by atoms with E-state index in [1.54, 1.807) is 0 Å². The van der Waals surface area contributed by atoms with E-state index in [0.717, 1.165) is 0 Å². The molecule has 0 saturated heterocycles. The average molecular weight is 323 g/mol. The van der Waals surface area contributed by atoms with E-state index in [9.17, 15) is 0 Å². The van der Waals surface area contributed by atoms with Gasteiger partial charge < -0.3 is 0 Å². The molecule has 0 spiro atoms. The van der Waals surface area contributed by atoms with Crippen molar-refractivity contribution < 1.29 is 0 Å². The highest BCUT2D eigenvalue weighted by Gasteiger charge is 2.39. The summed E-state index contributed by atoms with van der Waals surface area (Å²) in [6.07, 6.45) is 2.40. The summed E-state index contributed by atoms with van der Waals surface area (Å²) in [5.41, 5.74) is 4.91. The molecule has 130 valence electrons. The Morgan fingerprint density at radius 2 is 1.21 bits per heavy atom. The van der Waals surface area contributed by atoms with Crippen molar-refractivity contribution in [2.45, 2.75) is 72.1 Å². The first kappa shape index (κ1) is 18.8. The fraction of sp³-hybridized carbons (Fsp3) is 0.500. The Labute approximate surface area is 149 Å². The first-order chi connectivity index (χ1) is 11.1. The molecule has 2 aromatic rings. The van der Waals surface area contributed by atoms with Crippen LogP contribution in [0, 0.1) is 12.3 Å². The zero-order chi connectivity index (χ0) is 18.0. The molecule has 0 bridgehead atoms. The summed E-state index contributed by atoms with van der Waals surface area (Å²) in [5.74, 6) is 0. The van der Waals surface area contributed by atoms with Gasteiger partial charge in [0.2, 0.25) is 0 Å². The normalized spacial score (nSPS) is 13.1. The molecule has 0 fully saturated rings. The highest BCUT2D eigenvalue weighted by molar-refractivity contribution is 5.32. The smallest absolute Gasteiger partial charge is 0.00524 e. The molecular weight excluding hydrogens is 288 g/mol. The van der Waals surface area contributed by atoms with E-state index in [4.69, 9.17) is 0 Å². The van der Waals surface area contributed by atoms with Gasteiger partial charge in [0.15, 0.2) is 0 Å². The Morgan fingerprint density at radius 1 is 0.667 bits per heavy atom. The van der Waals surface area contributed by atoms with Crippen LogP contribution in [-0.2, 0) is 10.8 Å². The second-order valence-corrected chi connectivity index (χ2v) is 9.07. The SMILES string of the molecule is Cc1ccccc1C(C)(C)CCC(C)(C)C(C)(C)c1ccccc1. The maximum Gasteiger partial charge on any atom is -0.00524 e. The van der Waals surface area contributed by atoms with Crippen LogP contribution in [0.15, 0.2) is 54.6 Å². The highest BCUT2D eigenvalue weighted by atomic mass is 14.4. The van der Waals surface area contributed by atoms with Crippen LogP contribution in [0.1, 0.15) is 71.1 Å². The Kier molecular flexibility index (Phi) is 5.28. The lowest BCUT2D eigenvalue weighted by atomic mass is 9.60. The summed E-state index contributed by atoms with van der Waals surface area (Å²) in [5, 5.41) is 0. The molecule has 0 aromatic heterocycles. The second-order valence-electron chi connectivity index (χ2n) is 9.07. The van der Waals surface area contributed by atoms with E-state index < -0.39 is 0 Å². The number of aryl methyl sites for hydroxylation is 1. The number of rotatable bonds is 6. The fourth-order valence-electron chi connectivity index (χ4n) is 3.65. The van der Waals surface area contributed by atoms with Crippen molar-refractivity contribution in [1.82, 2.24) is 0 Å². The molecule has 0 aliphatic heterocycles. The Morgan fingerprint density at radius 3 is 1.79 bits per heavy atom. The third-order valence-corrected chi connectivity index (χ3v) is 6.44. The van der Waals surface area contributed by atoms with Gasteiger partial charge in [-0.25, -0.2) is 0 Å². The van der Waals surface area contributed by atoms with Gasteiger partial charge in [-0.15, -0.1) is 0 Å². The molecule has 0 N–H and O–H groups in total. The monoisotopic (exact) mass is 322 g/mol. The lowest BCUT2D eigenvalue weighted by Gasteiger charge is -2.44. The van der Waals surface area contributed by atoms with Crippen LogP contribution in [0.3, 0.4) is 0 Å². The molecule has 0 aliphatic carbocycles. The van der Waals surface area contributed by atoms with Gasteiger partial charge in [0.25, 0.3) is 0 Å². The first-order valence-corrected chi connectivity index (χ1v) is 9.20. The predicted octanol–water partition coefficient (Wildman–Crippen LogP) is 7.06. The fourth-order valence-corrected chi connectivity index (χ4v) is 3.65. The van der Waals surface area contributed by atoms with Gasteiger partial charge in [-0.2, -0.15) is 0 Å². The molecule has 0 nitrogen and oxygen atoms in total. The molecule has 0 heterocycles. The van der Waals surface area contributed by atoms with Crippen molar-refractivity contribution in [2.75, 3.05) is 0 Å². The summed E-state index contributed by atoms with van der Waals surface area (Å²) >= 11 is 0. The molecule has 0 amide bonds. The van der Waals surface area contributed by atoms with E-state index in [2.05, 4.69) is 103 Å². The standard InChI is InChI=1S/C24H34/c1-19-13-11-12-16-21(19)22(2,3)17-18-23(4,5)24(6,7)20-14-9-8-10-15-20/h8-16H,17-18H2,1-7H3. The molecule has 24 heavy (non-hydrogen) atoms. The molecule has 0 atom stereocenters. The van der Waals surface area contributed by atoms with Gasteiger partial charge in [-0.1, -0.05) is 96.1 Å². The van der Waals surface area contributed by atoms with Crippen LogP contribution in [0.25, 0.3) is 0 Å². The third-order valence-electron chi connectivity index (χ3n) is 6.44. The number of benzene rings is 2. The summed E-state index contributed by atoms with van der Waals surface area (Å²) in [6, 6.07) is 19.8. The van der Waals surface area contributed by atoms with E-state index in [0.29, 0.717) is 0 Å². The first-order valence-electron chi connectivity index (χ1n) is 9.20. The average Bonchev–Trinajstić information content (AvgIpc) is 2.54. The minimum atomic E-state index is 0.149. The quantitative estimate of drug-likeness (QED) is 0.534. The van der Waals surface area contributed by atoms with Crippen molar-refractivity contribution in [2.24, 2.45) is 5.41 Å². The zero-order valence-electron chi connectivity index (χ0n) is 16.6. The van der Waals surface area contributed by atoms with Crippen molar-refractivity contribution >= 4 is 0 Å². The molecule has 0 unspecified atom stereocenters. The summed E-state index contributed by atoms with van der Waals surface area (Å²) in [6.45, 7) is 16.6. The maximum atomic E-state index is 2.42. The Hall–Kier alpha value is -1.56. The van der Waals surface area contributed by atoms with Crippen molar-refractivity contribution in [1.29, 1.82) is 0 Å². The molecule has 2 rings (SSSR count). The van der Waals surface area contributed by atoms with Crippen molar-refractivity contribution in [3.63, 3.8) is 0 Å². The Balaban J connectivity index is 2.19. The lowest BCUT2D eigenvalue weighted by Crippen LogP contribution is -2.38. The van der Waals surface area contributed by atoms with E-state index >= 15 is 0 Å². The molecule has 0 saturated carbocycles. The van der Waals surface area contributed by atoms with Gasteiger partial charge in [0, 0.05) is 0 Å². The van der Waals surface area contributed by atoms with Gasteiger partial charge >= 0.3 is 0 Å². The predicted molar refractivity (Wildman–Crippen MR) is 107 cm³/mol. The number of hydrogen-bond donors (Lipinski definition) is 0. The minimum absolute atomic E-state index is 0.149. The molecule has 2 aromatic carbocycles. The van der Waals surface area contributed by atoms with Gasteiger partial charge in [0.05, 0.1) is 0 Å². The maximum absolute atomic E-state index is 2.42. The Bertz CT molecular complexity index is 659. The molecular formula is C24H34. The lowest BCUT2D eigenvalue weighted by molar-refractivity contribution is 0.163. The van der Waals surface area contributed by atoms with Crippen LogP contribution < -0.4 is 0 Å². The van der Waals surface area contributed by atoms with Gasteiger partial charge in [0.1, 0.15) is 0 Å². The van der Waals surface area contributed by atoms with Crippen LogP contribution in [0.2, 0.25) is 0 Å². The van der Waals surface area contributed by atoms with Crippen LogP contribution in [-0.4, -0.2) is 0 Å². The number of hydrogen-bond acceptors (Lipinski definition) is 0. The van der Waals surface area contributed by atoms with E-state index in [-0.39, 0.29) is 16.2 Å². The summed E-state index contributed by atoms with van der Waals surface area (Å²) in [7, 11) is 0. The van der Waals surface area contributed by atoms with Crippen LogP contribution in [0.4, 0.5) is 0 Å². The van der Waals surface area contributed by atoms with Gasteiger partial charge in [-0.05, 0) is 52.7 Å². The summed E-state index contributed by atoms with van der Waals surface area (Å²) < 4.78 is 0. The summed E-state index contributed by atoms with van der Waals surface area (Å²) in [4.78, 5) is 0. The van der Waals surface area contributed by atoms with E-state index in [1.807, 2.05) is 0 Å².